The number of hydrogen-bond donors (Lipinski definition) is 1. The third kappa shape index (κ3) is 2.31. The van der Waals surface area contributed by atoms with Gasteiger partial charge in [-0.1, -0.05) is 0 Å². The number of aromatic amines is 1. The fourth-order valence-corrected chi connectivity index (χ4v) is 2.02. The minimum atomic E-state index is -0.525. The van der Waals surface area contributed by atoms with Gasteiger partial charge in [0.15, 0.2) is 5.78 Å². The molecule has 0 aliphatic heterocycles. The Bertz CT molecular complexity index is 642. The fraction of sp³-hybridized carbons (Fsp3) is 0.286. The highest BCUT2D eigenvalue weighted by Gasteiger charge is 2.22. The van der Waals surface area contributed by atoms with Crippen molar-refractivity contribution >= 4 is 22.7 Å². The first-order chi connectivity index (χ1) is 9.08. The van der Waals surface area contributed by atoms with Crippen LogP contribution in [0.1, 0.15) is 34.7 Å². The fourth-order valence-electron chi connectivity index (χ4n) is 2.02. The number of hydrogen-bond acceptors (Lipinski definition) is 4. The number of carbonyl (C=O) groups is 2. The second-order valence-electron chi connectivity index (χ2n) is 4.06. The molecule has 100 valence electrons. The molecule has 1 aromatic heterocycles. The summed E-state index contributed by atoms with van der Waals surface area (Å²) in [7, 11) is 1.55. The van der Waals surface area contributed by atoms with Gasteiger partial charge >= 0.3 is 5.97 Å². The van der Waals surface area contributed by atoms with Crippen LogP contribution in [0.25, 0.3) is 10.9 Å². The second kappa shape index (κ2) is 5.14. The van der Waals surface area contributed by atoms with Crippen molar-refractivity contribution in [2.75, 3.05) is 13.7 Å². The molecule has 0 amide bonds. The van der Waals surface area contributed by atoms with E-state index in [9.17, 15) is 9.59 Å². The highest BCUT2D eigenvalue weighted by atomic mass is 16.5. The minimum absolute atomic E-state index is 0.192. The topological polar surface area (TPSA) is 68.4 Å². The maximum atomic E-state index is 11.9. The van der Waals surface area contributed by atoms with Crippen molar-refractivity contribution in [1.82, 2.24) is 4.98 Å². The highest BCUT2D eigenvalue weighted by molar-refractivity contribution is 6.14. The molecule has 0 aliphatic rings. The number of ketones is 1. The summed E-state index contributed by atoms with van der Waals surface area (Å²) >= 11 is 0. The van der Waals surface area contributed by atoms with Gasteiger partial charge in [-0.2, -0.15) is 0 Å². The number of rotatable bonds is 4. The molecule has 0 saturated heterocycles. The van der Waals surface area contributed by atoms with Gasteiger partial charge in [-0.25, -0.2) is 4.79 Å². The van der Waals surface area contributed by atoms with E-state index in [1.807, 2.05) is 0 Å². The van der Waals surface area contributed by atoms with Crippen molar-refractivity contribution in [3.63, 3.8) is 0 Å². The quantitative estimate of drug-likeness (QED) is 0.678. The van der Waals surface area contributed by atoms with Crippen LogP contribution in [0.15, 0.2) is 18.2 Å². The average molecular weight is 261 g/mol. The van der Waals surface area contributed by atoms with E-state index in [1.165, 1.54) is 6.92 Å². The number of fused-ring (bicyclic) bond motifs is 1. The number of H-pyrrole nitrogens is 1. The molecule has 0 bridgehead atoms. The number of benzene rings is 1. The predicted octanol–water partition coefficient (Wildman–Crippen LogP) is 2.56. The zero-order valence-electron chi connectivity index (χ0n) is 11.1. The Morgan fingerprint density at radius 2 is 2.05 bits per heavy atom. The molecule has 5 heteroatoms. The Labute approximate surface area is 110 Å². The van der Waals surface area contributed by atoms with E-state index in [4.69, 9.17) is 9.47 Å². The molecular weight excluding hydrogens is 246 g/mol. The van der Waals surface area contributed by atoms with Gasteiger partial charge in [0.05, 0.1) is 19.3 Å². The van der Waals surface area contributed by atoms with Crippen LogP contribution >= 0.6 is 0 Å². The molecule has 0 fully saturated rings. The van der Waals surface area contributed by atoms with Gasteiger partial charge in [0.2, 0.25) is 0 Å². The third-order valence-corrected chi connectivity index (χ3v) is 2.84. The molecule has 0 atom stereocenters. The van der Waals surface area contributed by atoms with Gasteiger partial charge in [0.25, 0.3) is 0 Å². The highest BCUT2D eigenvalue weighted by Crippen LogP contribution is 2.27. The number of nitrogens with one attached hydrogen (secondary N) is 1. The zero-order chi connectivity index (χ0) is 14.0. The van der Waals surface area contributed by atoms with Crippen molar-refractivity contribution in [1.29, 1.82) is 0 Å². The van der Waals surface area contributed by atoms with Crippen LogP contribution in [0.3, 0.4) is 0 Å². The smallest absolute Gasteiger partial charge is 0.355 e. The maximum absolute atomic E-state index is 11.9. The number of carbonyl (C=O) groups excluding carboxylic acids is 2. The molecular formula is C14H15NO4. The average Bonchev–Trinajstić information content (AvgIpc) is 2.77. The molecule has 1 aromatic carbocycles. The van der Waals surface area contributed by atoms with Crippen molar-refractivity contribution in [2.24, 2.45) is 0 Å². The summed E-state index contributed by atoms with van der Waals surface area (Å²) in [6.45, 7) is 3.40. The molecule has 0 unspecified atom stereocenters. The number of methoxy groups -OCH3 is 1. The van der Waals surface area contributed by atoms with Gasteiger partial charge in [-0.3, -0.25) is 4.79 Å². The molecule has 2 aromatic rings. The predicted molar refractivity (Wildman–Crippen MR) is 70.8 cm³/mol. The molecule has 0 spiro atoms. The first-order valence-electron chi connectivity index (χ1n) is 5.96. The van der Waals surface area contributed by atoms with Crippen molar-refractivity contribution in [2.45, 2.75) is 13.8 Å². The van der Waals surface area contributed by atoms with Gasteiger partial charge < -0.3 is 14.5 Å². The lowest BCUT2D eigenvalue weighted by molar-refractivity contribution is 0.0517. The van der Waals surface area contributed by atoms with Crippen molar-refractivity contribution in [3.8, 4) is 5.75 Å². The minimum Gasteiger partial charge on any atom is -0.497 e. The van der Waals surface area contributed by atoms with E-state index in [0.717, 1.165) is 0 Å². The van der Waals surface area contributed by atoms with Crippen LogP contribution in [0.5, 0.6) is 5.75 Å². The number of esters is 1. The van der Waals surface area contributed by atoms with Crippen LogP contribution < -0.4 is 4.74 Å². The normalized spacial score (nSPS) is 10.5. The molecule has 1 heterocycles. The van der Waals surface area contributed by atoms with Crippen LogP contribution in [-0.4, -0.2) is 30.5 Å². The zero-order valence-corrected chi connectivity index (χ0v) is 11.1. The molecule has 0 aliphatic carbocycles. The Balaban J connectivity index is 2.67. The largest absolute Gasteiger partial charge is 0.497 e. The Hall–Kier alpha value is -2.30. The van der Waals surface area contributed by atoms with Crippen molar-refractivity contribution < 1.29 is 19.1 Å². The standard InChI is InChI=1S/C14H15NO4/c1-4-19-14(17)13-12(8(2)16)10-7-9(18-3)5-6-11(10)15-13/h5-7,15H,4H2,1-3H3. The maximum Gasteiger partial charge on any atom is 0.355 e. The number of Topliss-reactive ketones (excluding diaryl/α,β-unsaturated/α-hetero) is 1. The summed E-state index contributed by atoms with van der Waals surface area (Å²) in [5.74, 6) is -0.0881. The monoisotopic (exact) mass is 261 g/mol. The molecule has 1 N–H and O–H groups in total. The SMILES string of the molecule is CCOC(=O)c1[nH]c2ccc(OC)cc2c1C(C)=O. The lowest BCUT2D eigenvalue weighted by Crippen LogP contribution is -2.09. The van der Waals surface area contributed by atoms with Crippen LogP contribution in [0, 0.1) is 0 Å². The van der Waals surface area contributed by atoms with Crippen LogP contribution in [-0.2, 0) is 4.74 Å². The van der Waals surface area contributed by atoms with Crippen LogP contribution in [0.4, 0.5) is 0 Å². The van der Waals surface area contributed by atoms with Crippen molar-refractivity contribution in [3.05, 3.63) is 29.5 Å². The van der Waals surface area contributed by atoms with Gasteiger partial charge in [0.1, 0.15) is 11.4 Å². The third-order valence-electron chi connectivity index (χ3n) is 2.84. The lowest BCUT2D eigenvalue weighted by Gasteiger charge is -2.02. The van der Waals surface area contributed by atoms with E-state index < -0.39 is 5.97 Å². The summed E-state index contributed by atoms with van der Waals surface area (Å²) in [5, 5.41) is 0.662. The summed E-state index contributed by atoms with van der Waals surface area (Å²) in [6, 6.07) is 5.26. The van der Waals surface area contributed by atoms with Gasteiger partial charge in [-0.05, 0) is 32.0 Å². The Kier molecular flexibility index (Phi) is 3.55. The number of ether oxygens (including phenoxy) is 2. The molecule has 5 nitrogen and oxygen atoms in total. The molecule has 2 rings (SSSR count). The lowest BCUT2D eigenvalue weighted by atomic mass is 10.1. The van der Waals surface area contributed by atoms with E-state index in [2.05, 4.69) is 4.98 Å². The molecule has 19 heavy (non-hydrogen) atoms. The van der Waals surface area contributed by atoms with E-state index in [0.29, 0.717) is 22.2 Å². The van der Waals surface area contributed by atoms with Crippen LogP contribution in [0.2, 0.25) is 0 Å². The molecule has 0 radical (unpaired) electrons. The number of aromatic nitrogens is 1. The van der Waals surface area contributed by atoms with E-state index in [-0.39, 0.29) is 18.1 Å². The summed E-state index contributed by atoms with van der Waals surface area (Å²) < 4.78 is 10.1. The summed E-state index contributed by atoms with van der Waals surface area (Å²) in [4.78, 5) is 26.6. The second-order valence-corrected chi connectivity index (χ2v) is 4.06. The summed E-state index contributed by atoms with van der Waals surface area (Å²) in [6.07, 6.45) is 0. The first kappa shape index (κ1) is 13.1. The Morgan fingerprint density at radius 1 is 1.32 bits per heavy atom. The van der Waals surface area contributed by atoms with Gasteiger partial charge in [-0.15, -0.1) is 0 Å². The van der Waals surface area contributed by atoms with E-state index >= 15 is 0 Å². The Morgan fingerprint density at radius 3 is 2.63 bits per heavy atom. The first-order valence-corrected chi connectivity index (χ1v) is 5.96. The summed E-state index contributed by atoms with van der Waals surface area (Å²) in [5.41, 5.74) is 1.24. The van der Waals surface area contributed by atoms with Gasteiger partial charge in [0, 0.05) is 10.9 Å². The van der Waals surface area contributed by atoms with E-state index in [1.54, 1.807) is 32.2 Å². The molecule has 0 saturated carbocycles.